The predicted octanol–water partition coefficient (Wildman–Crippen LogP) is 3.54. The number of aromatic hydroxyl groups is 1. The minimum absolute atomic E-state index is 0.0487. The lowest BCUT2D eigenvalue weighted by Crippen LogP contribution is -2.04. The molecule has 5 nitrogen and oxygen atoms in total. The summed E-state index contributed by atoms with van der Waals surface area (Å²) in [7, 11) is -4.49. The Balaban J connectivity index is 2.28. The van der Waals surface area contributed by atoms with Gasteiger partial charge in [-0.15, -0.1) is 0 Å². The van der Waals surface area contributed by atoms with E-state index < -0.39 is 10.1 Å². The molecule has 0 aliphatic rings. The molecule has 0 aliphatic carbocycles. The highest BCUT2D eigenvalue weighted by molar-refractivity contribution is 7.86. The smallest absolute Gasteiger partial charge is 0.296 e. The van der Waals surface area contributed by atoms with Crippen LogP contribution in [0.5, 0.6) is 5.75 Å². The first-order valence-electron chi connectivity index (χ1n) is 6.51. The van der Waals surface area contributed by atoms with Crippen LogP contribution in [0.1, 0.15) is 0 Å². The van der Waals surface area contributed by atoms with E-state index in [4.69, 9.17) is 0 Å². The van der Waals surface area contributed by atoms with Gasteiger partial charge < -0.3 is 10.4 Å². The van der Waals surface area contributed by atoms with Crippen LogP contribution in [0.2, 0.25) is 0 Å². The van der Waals surface area contributed by atoms with E-state index in [1.165, 1.54) is 6.07 Å². The molecule has 112 valence electrons. The van der Waals surface area contributed by atoms with Gasteiger partial charge >= 0.3 is 0 Å². The van der Waals surface area contributed by atoms with Crippen LogP contribution in [0.15, 0.2) is 65.6 Å². The molecule has 0 spiro atoms. The highest BCUT2D eigenvalue weighted by atomic mass is 32.2. The molecule has 6 heteroatoms. The second-order valence-electron chi connectivity index (χ2n) is 4.79. The molecule has 0 aromatic heterocycles. The lowest BCUT2D eigenvalue weighted by molar-refractivity contribution is 0.473. The van der Waals surface area contributed by atoms with Crippen molar-refractivity contribution in [2.75, 3.05) is 5.32 Å². The minimum Gasteiger partial charge on any atom is -0.505 e. The summed E-state index contributed by atoms with van der Waals surface area (Å²) in [6, 6.07) is 16.9. The fourth-order valence-electron chi connectivity index (χ4n) is 2.29. The van der Waals surface area contributed by atoms with E-state index in [1.54, 1.807) is 48.5 Å². The largest absolute Gasteiger partial charge is 0.505 e. The van der Waals surface area contributed by atoms with Crippen molar-refractivity contribution >= 4 is 32.3 Å². The lowest BCUT2D eigenvalue weighted by Gasteiger charge is -2.14. The van der Waals surface area contributed by atoms with Crippen molar-refractivity contribution in [2.45, 2.75) is 4.90 Å². The average molecular weight is 315 g/mol. The molecule has 3 rings (SSSR count). The molecule has 22 heavy (non-hydrogen) atoms. The summed E-state index contributed by atoms with van der Waals surface area (Å²) in [6.45, 7) is 0. The third-order valence-corrected chi connectivity index (χ3v) is 4.18. The van der Waals surface area contributed by atoms with Crippen LogP contribution >= 0.6 is 0 Å². The maximum Gasteiger partial charge on any atom is 0.296 e. The molecule has 0 aliphatic heterocycles. The zero-order valence-electron chi connectivity index (χ0n) is 11.4. The predicted molar refractivity (Wildman–Crippen MR) is 85.2 cm³/mol. The zero-order chi connectivity index (χ0) is 15.7. The van der Waals surface area contributed by atoms with Crippen LogP contribution in [0.4, 0.5) is 11.4 Å². The Morgan fingerprint density at radius 1 is 0.909 bits per heavy atom. The van der Waals surface area contributed by atoms with Crippen LogP contribution in [-0.4, -0.2) is 18.1 Å². The van der Waals surface area contributed by atoms with Crippen molar-refractivity contribution in [3.8, 4) is 5.75 Å². The van der Waals surface area contributed by atoms with Crippen molar-refractivity contribution in [1.29, 1.82) is 0 Å². The SMILES string of the molecule is O=S(=O)(O)c1cc2ccccc2c(O)c1Nc1ccccc1. The maximum atomic E-state index is 11.6. The highest BCUT2D eigenvalue weighted by Gasteiger charge is 2.21. The number of phenolic OH excluding ortho intramolecular Hbond substituents is 1. The molecule has 0 atom stereocenters. The number of nitrogens with one attached hydrogen (secondary N) is 1. The summed E-state index contributed by atoms with van der Waals surface area (Å²) >= 11 is 0. The Kier molecular flexibility index (Phi) is 3.48. The molecule has 0 amide bonds. The third kappa shape index (κ3) is 2.61. The van der Waals surface area contributed by atoms with Gasteiger partial charge in [-0.05, 0) is 23.6 Å². The van der Waals surface area contributed by atoms with Crippen molar-refractivity contribution in [1.82, 2.24) is 0 Å². The Morgan fingerprint density at radius 3 is 2.23 bits per heavy atom. The summed E-state index contributed by atoms with van der Waals surface area (Å²) in [6.07, 6.45) is 0. The number of hydrogen-bond donors (Lipinski definition) is 3. The van der Waals surface area contributed by atoms with Gasteiger partial charge in [0.25, 0.3) is 10.1 Å². The quantitative estimate of drug-likeness (QED) is 0.508. The Labute approximate surface area is 127 Å². The molecule has 0 unspecified atom stereocenters. The maximum absolute atomic E-state index is 11.6. The molecule has 0 saturated heterocycles. The Hall–Kier alpha value is -2.57. The number of fused-ring (bicyclic) bond motifs is 1. The van der Waals surface area contributed by atoms with Gasteiger partial charge in [0.05, 0.1) is 0 Å². The van der Waals surface area contributed by atoms with Crippen LogP contribution in [0.3, 0.4) is 0 Å². The van der Waals surface area contributed by atoms with E-state index in [0.29, 0.717) is 16.5 Å². The second-order valence-corrected chi connectivity index (χ2v) is 6.18. The van der Waals surface area contributed by atoms with Crippen LogP contribution in [-0.2, 0) is 10.1 Å². The van der Waals surface area contributed by atoms with Gasteiger partial charge in [-0.1, -0.05) is 42.5 Å². The zero-order valence-corrected chi connectivity index (χ0v) is 12.2. The molecule has 0 saturated carbocycles. The standard InChI is InChI=1S/C16H13NO4S/c18-16-13-9-5-4-6-11(13)10-14(22(19,20)21)15(16)17-12-7-2-1-3-8-12/h1-10,17-18H,(H,19,20,21). The Bertz CT molecular complexity index is 937. The van der Waals surface area contributed by atoms with Gasteiger partial charge in [-0.3, -0.25) is 4.55 Å². The van der Waals surface area contributed by atoms with Crippen molar-refractivity contribution in [3.63, 3.8) is 0 Å². The van der Waals surface area contributed by atoms with Gasteiger partial charge in [0.15, 0.2) is 0 Å². The highest BCUT2D eigenvalue weighted by Crippen LogP contribution is 2.39. The molecule has 3 N–H and O–H groups in total. The molecular formula is C16H13NO4S. The van der Waals surface area contributed by atoms with Gasteiger partial charge in [-0.25, -0.2) is 0 Å². The van der Waals surface area contributed by atoms with Gasteiger partial charge in [-0.2, -0.15) is 8.42 Å². The second kappa shape index (κ2) is 5.32. The molecule has 0 fully saturated rings. The summed E-state index contributed by atoms with van der Waals surface area (Å²) in [5.74, 6) is -0.227. The summed E-state index contributed by atoms with van der Waals surface area (Å²) in [5.41, 5.74) is 0.547. The van der Waals surface area contributed by atoms with E-state index in [9.17, 15) is 18.1 Å². The van der Waals surface area contributed by atoms with Gasteiger partial charge in [0.1, 0.15) is 16.3 Å². The van der Waals surface area contributed by atoms with Crippen LogP contribution in [0.25, 0.3) is 10.8 Å². The first kappa shape index (κ1) is 14.4. The lowest BCUT2D eigenvalue weighted by atomic mass is 10.1. The number of anilines is 2. The third-order valence-electron chi connectivity index (χ3n) is 3.31. The van der Waals surface area contributed by atoms with Crippen LogP contribution in [0, 0.1) is 0 Å². The van der Waals surface area contributed by atoms with Crippen LogP contribution < -0.4 is 5.32 Å². The van der Waals surface area contributed by atoms with E-state index in [0.717, 1.165) is 0 Å². The minimum atomic E-state index is -4.49. The molecule has 0 heterocycles. The number of benzene rings is 3. The summed E-state index contributed by atoms with van der Waals surface area (Å²) in [4.78, 5) is -0.368. The summed E-state index contributed by atoms with van der Waals surface area (Å²) in [5, 5.41) is 14.3. The van der Waals surface area contributed by atoms with E-state index in [1.807, 2.05) is 6.07 Å². The van der Waals surface area contributed by atoms with Crippen molar-refractivity contribution in [3.05, 3.63) is 60.7 Å². The van der Waals surface area contributed by atoms with Gasteiger partial charge in [0, 0.05) is 11.1 Å². The monoisotopic (exact) mass is 315 g/mol. The van der Waals surface area contributed by atoms with Crippen molar-refractivity contribution in [2.24, 2.45) is 0 Å². The normalized spacial score (nSPS) is 11.5. The molecule has 0 radical (unpaired) electrons. The number of rotatable bonds is 3. The number of para-hydroxylation sites is 1. The molecule has 3 aromatic carbocycles. The first-order valence-corrected chi connectivity index (χ1v) is 7.95. The van der Waals surface area contributed by atoms with Gasteiger partial charge in [0.2, 0.25) is 0 Å². The number of hydrogen-bond acceptors (Lipinski definition) is 4. The van der Waals surface area contributed by atoms with Crippen molar-refractivity contribution < 1.29 is 18.1 Å². The topological polar surface area (TPSA) is 86.6 Å². The molecular weight excluding hydrogens is 302 g/mol. The molecule has 0 bridgehead atoms. The fraction of sp³-hybridized carbons (Fsp3) is 0. The van der Waals surface area contributed by atoms with E-state index >= 15 is 0 Å². The summed E-state index contributed by atoms with van der Waals surface area (Å²) < 4.78 is 32.7. The first-order chi connectivity index (χ1) is 10.5. The molecule has 3 aromatic rings. The van der Waals surface area contributed by atoms with E-state index in [-0.39, 0.29) is 16.3 Å². The number of phenols is 1. The Morgan fingerprint density at radius 2 is 1.55 bits per heavy atom. The average Bonchev–Trinajstić information content (AvgIpc) is 2.50. The fourth-order valence-corrected chi connectivity index (χ4v) is 2.97. The van der Waals surface area contributed by atoms with E-state index in [2.05, 4.69) is 5.32 Å².